The molecule has 20 heavy (non-hydrogen) atoms. The Bertz CT molecular complexity index is 642. The fourth-order valence-electron chi connectivity index (χ4n) is 1.82. The first-order valence-electron chi connectivity index (χ1n) is 5.22. The van der Waals surface area contributed by atoms with Crippen LogP contribution in [0.1, 0.15) is 5.56 Å². The Kier molecular flexibility index (Phi) is 4.45. The Balaban J connectivity index is 2.81. The van der Waals surface area contributed by atoms with Gasteiger partial charge in [0, 0.05) is 10.6 Å². The van der Waals surface area contributed by atoms with Crippen LogP contribution in [0, 0.1) is 0 Å². The van der Waals surface area contributed by atoms with Gasteiger partial charge in [0.25, 0.3) is 0 Å². The highest BCUT2D eigenvalue weighted by Crippen LogP contribution is 2.46. The molecule has 0 bridgehead atoms. The van der Waals surface area contributed by atoms with Crippen LogP contribution in [0.5, 0.6) is 0 Å². The summed E-state index contributed by atoms with van der Waals surface area (Å²) < 4.78 is 39.4. The van der Waals surface area contributed by atoms with E-state index in [2.05, 4.69) is 0 Å². The Morgan fingerprint density at radius 1 is 0.800 bits per heavy atom. The molecule has 0 heterocycles. The minimum absolute atomic E-state index is 0.0234. The van der Waals surface area contributed by atoms with E-state index in [1.165, 1.54) is 24.3 Å². The average Bonchev–Trinajstić information content (AvgIpc) is 2.25. The third kappa shape index (κ3) is 3.01. The molecule has 0 aliphatic heterocycles. The predicted molar refractivity (Wildman–Crippen MR) is 76.9 cm³/mol. The highest BCUT2D eigenvalue weighted by molar-refractivity contribution is 6.42. The van der Waals surface area contributed by atoms with Crippen molar-refractivity contribution in [3.63, 3.8) is 0 Å². The average molecular weight is 360 g/mol. The smallest absolute Gasteiger partial charge is 0.166 e. The maximum atomic E-state index is 13.1. The van der Waals surface area contributed by atoms with E-state index in [0.717, 1.165) is 6.07 Å². The lowest BCUT2D eigenvalue weighted by molar-refractivity contribution is -0.137. The van der Waals surface area contributed by atoms with Crippen molar-refractivity contribution in [2.75, 3.05) is 0 Å². The van der Waals surface area contributed by atoms with Crippen molar-refractivity contribution >= 4 is 46.4 Å². The van der Waals surface area contributed by atoms with Crippen LogP contribution in [0.15, 0.2) is 30.3 Å². The summed E-state index contributed by atoms with van der Waals surface area (Å²) in [4.78, 5) is 0. The molecular formula is C13H5Cl4F3. The summed E-state index contributed by atoms with van der Waals surface area (Å²) in [5.74, 6) is 0. The highest BCUT2D eigenvalue weighted by atomic mass is 35.5. The molecule has 0 aromatic heterocycles. The van der Waals surface area contributed by atoms with Crippen molar-refractivity contribution in [1.82, 2.24) is 0 Å². The number of benzene rings is 2. The molecule has 2 aromatic carbocycles. The number of hydrogen-bond acceptors (Lipinski definition) is 0. The molecule has 0 aliphatic rings. The van der Waals surface area contributed by atoms with Crippen molar-refractivity contribution in [2.24, 2.45) is 0 Å². The molecule has 0 aliphatic carbocycles. The summed E-state index contributed by atoms with van der Waals surface area (Å²) in [7, 11) is 0. The van der Waals surface area contributed by atoms with Gasteiger partial charge in [0.1, 0.15) is 0 Å². The van der Waals surface area contributed by atoms with Gasteiger partial charge in [-0.3, -0.25) is 0 Å². The second-order valence-electron chi connectivity index (χ2n) is 3.90. The monoisotopic (exact) mass is 358 g/mol. The van der Waals surface area contributed by atoms with Crippen LogP contribution < -0.4 is 0 Å². The van der Waals surface area contributed by atoms with Gasteiger partial charge in [-0.25, -0.2) is 0 Å². The number of alkyl halides is 3. The van der Waals surface area contributed by atoms with Crippen LogP contribution in [0.3, 0.4) is 0 Å². The zero-order chi connectivity index (χ0) is 15.1. The van der Waals surface area contributed by atoms with Crippen molar-refractivity contribution in [2.45, 2.75) is 6.18 Å². The van der Waals surface area contributed by atoms with E-state index < -0.39 is 16.8 Å². The van der Waals surface area contributed by atoms with Gasteiger partial charge in [-0.05, 0) is 23.8 Å². The fourth-order valence-corrected chi connectivity index (χ4v) is 3.12. The summed E-state index contributed by atoms with van der Waals surface area (Å²) >= 11 is 23.3. The lowest BCUT2D eigenvalue weighted by atomic mass is 9.99. The molecule has 0 unspecified atom stereocenters. The molecule has 2 rings (SSSR count). The molecule has 0 nitrogen and oxygen atoms in total. The van der Waals surface area contributed by atoms with Crippen LogP contribution >= 0.6 is 46.4 Å². The molecule has 0 radical (unpaired) electrons. The molecule has 0 saturated carbocycles. The Labute approximate surface area is 133 Å². The van der Waals surface area contributed by atoms with Crippen LogP contribution in [-0.4, -0.2) is 0 Å². The Morgan fingerprint density at radius 3 is 1.85 bits per heavy atom. The van der Waals surface area contributed by atoms with Crippen molar-refractivity contribution < 1.29 is 13.2 Å². The predicted octanol–water partition coefficient (Wildman–Crippen LogP) is 6.99. The molecule has 0 saturated heterocycles. The van der Waals surface area contributed by atoms with Gasteiger partial charge >= 0.3 is 6.18 Å². The molecule has 0 spiro atoms. The van der Waals surface area contributed by atoms with Crippen LogP contribution in [0.25, 0.3) is 11.1 Å². The maximum absolute atomic E-state index is 13.1. The summed E-state index contributed by atoms with van der Waals surface area (Å²) in [5, 5.41) is -0.137. The largest absolute Gasteiger partial charge is 0.418 e. The molecule has 2 aromatic rings. The maximum Gasteiger partial charge on any atom is 0.418 e. The van der Waals surface area contributed by atoms with Crippen LogP contribution in [0.4, 0.5) is 13.2 Å². The number of hydrogen-bond donors (Lipinski definition) is 0. The summed E-state index contributed by atoms with van der Waals surface area (Å²) in [6.45, 7) is 0. The molecule has 7 heteroatoms. The first kappa shape index (κ1) is 15.8. The van der Waals surface area contributed by atoms with E-state index in [1.54, 1.807) is 0 Å². The number of rotatable bonds is 1. The van der Waals surface area contributed by atoms with Gasteiger partial charge in [0.2, 0.25) is 0 Å². The summed E-state index contributed by atoms with van der Waals surface area (Å²) in [6.07, 6.45) is -4.63. The van der Waals surface area contributed by atoms with E-state index in [9.17, 15) is 13.2 Å². The second-order valence-corrected chi connectivity index (χ2v) is 5.56. The van der Waals surface area contributed by atoms with Gasteiger partial charge in [0.15, 0.2) is 0 Å². The third-order valence-electron chi connectivity index (χ3n) is 2.57. The van der Waals surface area contributed by atoms with Gasteiger partial charge in [0.05, 0.1) is 20.6 Å². The lowest BCUT2D eigenvalue weighted by Gasteiger charge is -2.16. The van der Waals surface area contributed by atoms with Crippen molar-refractivity contribution in [1.29, 1.82) is 0 Å². The first-order chi connectivity index (χ1) is 9.21. The van der Waals surface area contributed by atoms with Gasteiger partial charge in [-0.1, -0.05) is 58.5 Å². The molecule has 0 atom stereocenters. The quantitative estimate of drug-likeness (QED) is 0.514. The zero-order valence-corrected chi connectivity index (χ0v) is 12.6. The van der Waals surface area contributed by atoms with Crippen LogP contribution in [-0.2, 0) is 6.18 Å². The first-order valence-corrected chi connectivity index (χ1v) is 6.73. The molecule has 0 fully saturated rings. The highest BCUT2D eigenvalue weighted by Gasteiger charge is 2.37. The van der Waals surface area contributed by atoms with Crippen LogP contribution in [0.2, 0.25) is 20.1 Å². The molecule has 106 valence electrons. The van der Waals surface area contributed by atoms with E-state index in [4.69, 9.17) is 46.4 Å². The normalized spacial score (nSPS) is 11.8. The van der Waals surface area contributed by atoms with Gasteiger partial charge in [-0.15, -0.1) is 0 Å². The fraction of sp³-hybridized carbons (Fsp3) is 0.0769. The van der Waals surface area contributed by atoms with E-state index in [-0.39, 0.29) is 26.2 Å². The Morgan fingerprint density at radius 2 is 1.35 bits per heavy atom. The van der Waals surface area contributed by atoms with Crippen molar-refractivity contribution in [3.8, 4) is 11.1 Å². The van der Waals surface area contributed by atoms with Gasteiger partial charge < -0.3 is 0 Å². The molecule has 0 N–H and O–H groups in total. The molecule has 0 amide bonds. The minimum atomic E-state index is -4.63. The van der Waals surface area contributed by atoms with E-state index >= 15 is 0 Å². The second kappa shape index (κ2) is 5.64. The van der Waals surface area contributed by atoms with Crippen molar-refractivity contribution in [3.05, 3.63) is 56.0 Å². The van der Waals surface area contributed by atoms with Gasteiger partial charge in [-0.2, -0.15) is 13.2 Å². The Hall–Kier alpha value is -0.610. The zero-order valence-electron chi connectivity index (χ0n) is 9.53. The molecular weight excluding hydrogens is 355 g/mol. The topological polar surface area (TPSA) is 0 Å². The lowest BCUT2D eigenvalue weighted by Crippen LogP contribution is -2.08. The minimum Gasteiger partial charge on any atom is -0.166 e. The third-order valence-corrected chi connectivity index (χ3v) is 3.70. The standard InChI is InChI=1S/C13H5Cl4F3/c14-6-4-9(16)11(10(17)5-6)7-2-1-3-8(15)12(7)13(18,19)20/h1-5H. The number of halogens is 7. The van der Waals surface area contributed by atoms with E-state index in [1.807, 2.05) is 0 Å². The summed E-state index contributed by atoms with van der Waals surface area (Å²) in [5.41, 5.74) is -1.11. The van der Waals surface area contributed by atoms with E-state index in [0.29, 0.717) is 0 Å². The SMILES string of the molecule is FC(F)(F)c1c(Cl)cccc1-c1c(Cl)cc(Cl)cc1Cl. The summed E-state index contributed by atoms with van der Waals surface area (Å²) in [6, 6.07) is 6.46.